The van der Waals surface area contributed by atoms with Gasteiger partial charge in [-0.3, -0.25) is 9.59 Å². The maximum absolute atomic E-state index is 12.5. The number of aliphatic hydroxyl groups excluding tert-OH is 1. The Morgan fingerprint density at radius 2 is 1.83 bits per heavy atom. The molecule has 0 radical (unpaired) electrons. The maximum atomic E-state index is 12.5. The number of likely N-dealkylation sites (tertiary alicyclic amines) is 1. The van der Waals surface area contributed by atoms with Gasteiger partial charge < -0.3 is 15.3 Å². The molecule has 2 aliphatic rings. The van der Waals surface area contributed by atoms with Crippen molar-refractivity contribution in [3.63, 3.8) is 0 Å². The van der Waals surface area contributed by atoms with Gasteiger partial charge in [-0.25, -0.2) is 0 Å². The van der Waals surface area contributed by atoms with E-state index >= 15 is 0 Å². The third-order valence-corrected chi connectivity index (χ3v) is 5.04. The van der Waals surface area contributed by atoms with Crippen LogP contribution in [-0.2, 0) is 4.79 Å². The zero-order valence-electron chi connectivity index (χ0n) is 13.3. The van der Waals surface area contributed by atoms with Gasteiger partial charge in [-0.2, -0.15) is 0 Å². The fourth-order valence-electron chi connectivity index (χ4n) is 3.67. The Morgan fingerprint density at radius 1 is 1.13 bits per heavy atom. The molecule has 1 aliphatic carbocycles. The number of benzene rings is 1. The van der Waals surface area contributed by atoms with Crippen molar-refractivity contribution < 1.29 is 14.7 Å². The summed E-state index contributed by atoms with van der Waals surface area (Å²) in [6.45, 7) is 1.01. The predicted molar refractivity (Wildman–Crippen MR) is 86.8 cm³/mol. The van der Waals surface area contributed by atoms with Crippen molar-refractivity contribution in [1.29, 1.82) is 0 Å². The molecule has 5 heteroatoms. The summed E-state index contributed by atoms with van der Waals surface area (Å²) in [5.41, 5.74) is 0.602. The van der Waals surface area contributed by atoms with E-state index in [2.05, 4.69) is 5.32 Å². The summed E-state index contributed by atoms with van der Waals surface area (Å²) in [5, 5.41) is 12.6. The molecule has 1 aliphatic heterocycles. The lowest BCUT2D eigenvalue weighted by atomic mass is 10.0. The average Bonchev–Trinajstić information content (AvgIpc) is 3.24. The highest BCUT2D eigenvalue weighted by Gasteiger charge is 2.38. The highest BCUT2D eigenvalue weighted by Crippen LogP contribution is 2.29. The molecular weight excluding hydrogens is 292 g/mol. The Labute approximate surface area is 136 Å². The molecule has 2 amide bonds. The van der Waals surface area contributed by atoms with E-state index in [4.69, 9.17) is 0 Å². The van der Waals surface area contributed by atoms with E-state index in [-0.39, 0.29) is 36.3 Å². The monoisotopic (exact) mass is 316 g/mol. The van der Waals surface area contributed by atoms with E-state index < -0.39 is 0 Å². The van der Waals surface area contributed by atoms with Gasteiger partial charge in [0.15, 0.2) is 0 Å². The molecule has 2 atom stereocenters. The zero-order chi connectivity index (χ0) is 16.2. The molecule has 1 heterocycles. The van der Waals surface area contributed by atoms with Crippen LogP contribution in [0.2, 0.25) is 0 Å². The number of carbonyl (C=O) groups is 2. The molecule has 0 unspecified atom stereocenters. The molecule has 1 aromatic rings. The van der Waals surface area contributed by atoms with Crippen LogP contribution in [0.15, 0.2) is 30.3 Å². The molecule has 23 heavy (non-hydrogen) atoms. The van der Waals surface area contributed by atoms with Gasteiger partial charge in [-0.15, -0.1) is 0 Å². The van der Waals surface area contributed by atoms with Crippen molar-refractivity contribution in [3.05, 3.63) is 35.9 Å². The van der Waals surface area contributed by atoms with Gasteiger partial charge in [0.1, 0.15) is 0 Å². The third-order valence-electron chi connectivity index (χ3n) is 5.04. The first-order chi connectivity index (χ1) is 11.2. The van der Waals surface area contributed by atoms with E-state index in [1.165, 1.54) is 0 Å². The molecule has 5 nitrogen and oxygen atoms in total. The van der Waals surface area contributed by atoms with Gasteiger partial charge in [0.05, 0.1) is 6.04 Å². The first-order valence-electron chi connectivity index (χ1n) is 8.44. The Balaban J connectivity index is 1.62. The molecule has 3 rings (SSSR count). The van der Waals surface area contributed by atoms with Crippen molar-refractivity contribution in [2.45, 2.75) is 31.7 Å². The number of carbonyl (C=O) groups excluding carboxylic acids is 2. The van der Waals surface area contributed by atoms with Crippen molar-refractivity contribution in [3.8, 4) is 0 Å². The highest BCUT2D eigenvalue weighted by atomic mass is 16.3. The van der Waals surface area contributed by atoms with Gasteiger partial charge in [0.2, 0.25) is 5.91 Å². The molecule has 0 spiro atoms. The quantitative estimate of drug-likeness (QED) is 0.883. The minimum absolute atomic E-state index is 0.0197. The van der Waals surface area contributed by atoms with E-state index in [0.29, 0.717) is 18.7 Å². The van der Waals surface area contributed by atoms with Crippen molar-refractivity contribution >= 4 is 11.8 Å². The SMILES string of the molecule is O=C(N[C@@H]1CN(C(=O)C2CCCC2)C[C@H]1CO)c1ccccc1. The fourth-order valence-corrected chi connectivity index (χ4v) is 3.67. The number of nitrogens with one attached hydrogen (secondary N) is 1. The number of hydrogen-bond donors (Lipinski definition) is 2. The maximum Gasteiger partial charge on any atom is 0.251 e. The van der Waals surface area contributed by atoms with Crippen LogP contribution in [0.1, 0.15) is 36.0 Å². The fraction of sp³-hybridized carbons (Fsp3) is 0.556. The standard InChI is InChI=1S/C18H24N2O3/c21-12-15-10-20(18(23)14-8-4-5-9-14)11-16(15)19-17(22)13-6-2-1-3-7-13/h1-3,6-7,14-16,21H,4-5,8-12H2,(H,19,22)/t15-,16+/m0/s1. The van der Waals surface area contributed by atoms with Gasteiger partial charge in [-0.05, 0) is 25.0 Å². The molecule has 2 fully saturated rings. The van der Waals surface area contributed by atoms with Crippen molar-refractivity contribution in [1.82, 2.24) is 10.2 Å². The van der Waals surface area contributed by atoms with E-state index in [1.807, 2.05) is 23.1 Å². The van der Waals surface area contributed by atoms with Crippen LogP contribution in [0.25, 0.3) is 0 Å². The lowest BCUT2D eigenvalue weighted by Crippen LogP contribution is -2.42. The van der Waals surface area contributed by atoms with Gasteiger partial charge in [-0.1, -0.05) is 31.0 Å². The molecule has 124 valence electrons. The molecule has 0 bridgehead atoms. The van der Waals surface area contributed by atoms with Crippen LogP contribution in [-0.4, -0.2) is 47.6 Å². The van der Waals surface area contributed by atoms with Crippen molar-refractivity contribution in [2.24, 2.45) is 11.8 Å². The summed E-state index contributed by atoms with van der Waals surface area (Å²) >= 11 is 0. The van der Waals surface area contributed by atoms with Gasteiger partial charge in [0.25, 0.3) is 5.91 Å². The molecule has 1 aromatic carbocycles. The highest BCUT2D eigenvalue weighted by molar-refractivity contribution is 5.94. The third kappa shape index (κ3) is 3.55. The largest absolute Gasteiger partial charge is 0.396 e. The normalized spacial score (nSPS) is 24.8. The summed E-state index contributed by atoms with van der Waals surface area (Å²) in [6, 6.07) is 8.86. The topological polar surface area (TPSA) is 69.6 Å². The Hall–Kier alpha value is -1.88. The summed E-state index contributed by atoms with van der Waals surface area (Å²) in [6.07, 6.45) is 4.20. The molecule has 0 aromatic heterocycles. The second kappa shape index (κ2) is 7.13. The minimum Gasteiger partial charge on any atom is -0.396 e. The van der Waals surface area contributed by atoms with E-state index in [9.17, 15) is 14.7 Å². The number of amides is 2. The number of rotatable bonds is 4. The van der Waals surface area contributed by atoms with Crippen molar-refractivity contribution in [2.75, 3.05) is 19.7 Å². The zero-order valence-corrected chi connectivity index (χ0v) is 13.3. The molecule has 2 N–H and O–H groups in total. The Kier molecular flexibility index (Phi) is 4.96. The smallest absolute Gasteiger partial charge is 0.251 e. The number of hydrogen-bond acceptors (Lipinski definition) is 3. The number of nitrogens with zero attached hydrogens (tertiary/aromatic N) is 1. The minimum atomic E-state index is -0.182. The van der Waals surface area contributed by atoms with E-state index in [0.717, 1.165) is 25.7 Å². The molecule has 1 saturated carbocycles. The second-order valence-corrected chi connectivity index (χ2v) is 6.61. The van der Waals surface area contributed by atoms with E-state index in [1.54, 1.807) is 12.1 Å². The first kappa shape index (κ1) is 16.0. The Bertz CT molecular complexity index is 555. The van der Waals surface area contributed by atoms with Crippen LogP contribution < -0.4 is 5.32 Å². The van der Waals surface area contributed by atoms with Crippen LogP contribution in [0, 0.1) is 11.8 Å². The summed E-state index contributed by atoms with van der Waals surface area (Å²) in [4.78, 5) is 26.7. The van der Waals surface area contributed by atoms with Crippen LogP contribution in [0.3, 0.4) is 0 Å². The number of aliphatic hydroxyl groups is 1. The van der Waals surface area contributed by atoms with Crippen LogP contribution in [0.4, 0.5) is 0 Å². The second-order valence-electron chi connectivity index (χ2n) is 6.61. The summed E-state index contributed by atoms with van der Waals surface area (Å²) < 4.78 is 0. The lowest BCUT2D eigenvalue weighted by Gasteiger charge is -2.20. The first-order valence-corrected chi connectivity index (χ1v) is 8.44. The molecular formula is C18H24N2O3. The van der Waals surface area contributed by atoms with Gasteiger partial charge in [0, 0.05) is 37.1 Å². The van der Waals surface area contributed by atoms with Gasteiger partial charge >= 0.3 is 0 Å². The summed E-state index contributed by atoms with van der Waals surface area (Å²) in [7, 11) is 0. The van der Waals surface area contributed by atoms with Crippen LogP contribution in [0.5, 0.6) is 0 Å². The average molecular weight is 316 g/mol. The van der Waals surface area contributed by atoms with Crippen LogP contribution >= 0.6 is 0 Å². The molecule has 1 saturated heterocycles. The summed E-state index contributed by atoms with van der Waals surface area (Å²) in [5.74, 6) is 0.0903. The Morgan fingerprint density at radius 3 is 2.48 bits per heavy atom. The lowest BCUT2D eigenvalue weighted by molar-refractivity contribution is -0.134. The predicted octanol–water partition coefficient (Wildman–Crippen LogP) is 1.43.